The maximum Gasteiger partial charge on any atom is 0.125 e. The summed E-state index contributed by atoms with van der Waals surface area (Å²) in [6, 6.07) is 17.6. The first kappa shape index (κ1) is 16.6. The summed E-state index contributed by atoms with van der Waals surface area (Å²) in [5.41, 5.74) is 4.92. The van der Waals surface area contributed by atoms with Crippen LogP contribution >= 0.6 is 11.6 Å². The van der Waals surface area contributed by atoms with E-state index in [0.29, 0.717) is 11.9 Å². The van der Waals surface area contributed by atoms with Crippen molar-refractivity contribution in [1.82, 2.24) is 14.5 Å². The molecule has 2 aromatic carbocycles. The van der Waals surface area contributed by atoms with Crippen molar-refractivity contribution in [1.29, 1.82) is 0 Å². The van der Waals surface area contributed by atoms with Gasteiger partial charge >= 0.3 is 0 Å². The summed E-state index contributed by atoms with van der Waals surface area (Å²) >= 11 is 6.24. The predicted molar refractivity (Wildman–Crippen MR) is 104 cm³/mol. The minimum absolute atomic E-state index is 0.443. The van der Waals surface area contributed by atoms with Gasteiger partial charge in [0.1, 0.15) is 5.82 Å². The molecule has 0 amide bonds. The van der Waals surface area contributed by atoms with Crippen LogP contribution < -0.4 is 0 Å². The van der Waals surface area contributed by atoms with Gasteiger partial charge in [0.25, 0.3) is 0 Å². The van der Waals surface area contributed by atoms with Gasteiger partial charge in [-0.3, -0.25) is 4.90 Å². The van der Waals surface area contributed by atoms with Crippen molar-refractivity contribution in [3.63, 3.8) is 0 Å². The molecule has 4 heteroatoms. The summed E-state index contributed by atoms with van der Waals surface area (Å²) in [6.07, 6.45) is 2.40. The Morgan fingerprint density at radius 3 is 2.76 bits per heavy atom. The molecule has 0 aliphatic carbocycles. The molecule has 1 aromatic heterocycles. The Balaban J connectivity index is 1.63. The van der Waals surface area contributed by atoms with Crippen molar-refractivity contribution >= 4 is 22.6 Å². The smallest absolute Gasteiger partial charge is 0.125 e. The number of alkyl halides is 1. The Hall–Kier alpha value is -1.84. The molecule has 1 saturated heterocycles. The van der Waals surface area contributed by atoms with Crippen molar-refractivity contribution < 1.29 is 0 Å². The summed E-state index contributed by atoms with van der Waals surface area (Å²) in [5, 5.41) is 0. The highest BCUT2D eigenvalue weighted by molar-refractivity contribution is 6.16. The molecule has 0 bridgehead atoms. The molecule has 0 saturated carbocycles. The number of fused-ring (bicyclic) bond motifs is 1. The van der Waals surface area contributed by atoms with E-state index < -0.39 is 0 Å². The summed E-state index contributed by atoms with van der Waals surface area (Å²) in [5.74, 6) is 1.46. The number of benzene rings is 2. The Bertz CT molecular complexity index is 856. The van der Waals surface area contributed by atoms with E-state index in [1.165, 1.54) is 29.5 Å². The number of halogens is 1. The van der Waals surface area contributed by atoms with E-state index in [1.807, 2.05) is 0 Å². The molecule has 1 aliphatic rings. The van der Waals surface area contributed by atoms with Crippen LogP contribution in [0.2, 0.25) is 0 Å². The predicted octanol–water partition coefficient (Wildman–Crippen LogP) is 4.92. The number of imidazole rings is 1. The molecular formula is C21H24ClN3. The number of rotatable bonds is 4. The number of hydrogen-bond donors (Lipinski definition) is 0. The summed E-state index contributed by atoms with van der Waals surface area (Å²) in [7, 11) is 0. The number of likely N-dealkylation sites (tertiary alicyclic amines) is 1. The third kappa shape index (κ3) is 3.31. The lowest BCUT2D eigenvalue weighted by Gasteiger charge is -2.34. The van der Waals surface area contributed by atoms with Crippen molar-refractivity contribution in [2.24, 2.45) is 0 Å². The summed E-state index contributed by atoms with van der Waals surface area (Å²) in [4.78, 5) is 7.39. The zero-order valence-corrected chi connectivity index (χ0v) is 15.4. The molecule has 1 aliphatic heterocycles. The van der Waals surface area contributed by atoms with E-state index in [9.17, 15) is 0 Å². The van der Waals surface area contributed by atoms with Crippen molar-refractivity contribution in [3.05, 3.63) is 65.5 Å². The largest absolute Gasteiger partial charge is 0.323 e. The van der Waals surface area contributed by atoms with Gasteiger partial charge in [-0.2, -0.15) is 0 Å². The van der Waals surface area contributed by atoms with Gasteiger partial charge in [-0.1, -0.05) is 42.5 Å². The zero-order valence-electron chi connectivity index (χ0n) is 14.7. The summed E-state index contributed by atoms with van der Waals surface area (Å²) in [6.45, 7) is 5.35. The second-order valence-corrected chi connectivity index (χ2v) is 7.26. The molecule has 3 aromatic rings. The Labute approximate surface area is 154 Å². The number of nitrogens with zero attached hydrogens (tertiary/aromatic N) is 3. The van der Waals surface area contributed by atoms with Crippen LogP contribution in [0.5, 0.6) is 0 Å². The second kappa shape index (κ2) is 7.19. The molecule has 0 N–H and O–H groups in total. The van der Waals surface area contributed by atoms with Gasteiger partial charge in [0.15, 0.2) is 0 Å². The highest BCUT2D eigenvalue weighted by Crippen LogP contribution is 2.30. The van der Waals surface area contributed by atoms with Gasteiger partial charge in [0.2, 0.25) is 0 Å². The van der Waals surface area contributed by atoms with Crippen LogP contribution in [0.15, 0.2) is 48.5 Å². The van der Waals surface area contributed by atoms with Crippen LogP contribution in [0.3, 0.4) is 0 Å². The highest BCUT2D eigenvalue weighted by Gasteiger charge is 2.25. The lowest BCUT2D eigenvalue weighted by Crippen LogP contribution is -2.36. The number of aryl methyl sites for hydroxylation is 1. The number of piperidine rings is 1. The normalized spacial score (nSPS) is 18.7. The quantitative estimate of drug-likeness (QED) is 0.621. The first-order chi connectivity index (χ1) is 12.3. The topological polar surface area (TPSA) is 21.1 Å². The van der Waals surface area contributed by atoms with Gasteiger partial charge in [0.05, 0.1) is 16.9 Å². The first-order valence-electron chi connectivity index (χ1n) is 9.05. The molecule has 2 heterocycles. The minimum Gasteiger partial charge on any atom is -0.323 e. The van der Waals surface area contributed by atoms with Crippen LogP contribution in [0.4, 0.5) is 0 Å². The van der Waals surface area contributed by atoms with E-state index >= 15 is 0 Å². The number of hydrogen-bond acceptors (Lipinski definition) is 2. The fraction of sp³-hybridized carbons (Fsp3) is 0.381. The monoisotopic (exact) mass is 353 g/mol. The Kier molecular flexibility index (Phi) is 4.78. The van der Waals surface area contributed by atoms with E-state index in [0.717, 1.165) is 31.0 Å². The minimum atomic E-state index is 0.443. The molecule has 130 valence electrons. The van der Waals surface area contributed by atoms with Crippen LogP contribution in [0.25, 0.3) is 11.0 Å². The molecule has 4 rings (SSSR count). The average Bonchev–Trinajstić information content (AvgIpc) is 3.03. The molecule has 1 fully saturated rings. The molecule has 0 spiro atoms. The lowest BCUT2D eigenvalue weighted by molar-refractivity contribution is 0.171. The Morgan fingerprint density at radius 1 is 1.12 bits per heavy atom. The fourth-order valence-corrected chi connectivity index (χ4v) is 4.22. The van der Waals surface area contributed by atoms with Gasteiger partial charge < -0.3 is 4.57 Å². The van der Waals surface area contributed by atoms with Crippen molar-refractivity contribution in [3.8, 4) is 0 Å². The van der Waals surface area contributed by atoms with Gasteiger partial charge in [0, 0.05) is 19.1 Å². The highest BCUT2D eigenvalue weighted by atomic mass is 35.5. The van der Waals surface area contributed by atoms with Crippen LogP contribution in [0.1, 0.15) is 35.8 Å². The fourth-order valence-electron chi connectivity index (χ4n) is 4.03. The Morgan fingerprint density at radius 2 is 1.96 bits per heavy atom. The van der Waals surface area contributed by atoms with Gasteiger partial charge in [-0.05, 0) is 43.5 Å². The second-order valence-electron chi connectivity index (χ2n) is 6.99. The number of para-hydroxylation sites is 1. The van der Waals surface area contributed by atoms with Crippen molar-refractivity contribution in [2.75, 3.05) is 13.1 Å². The van der Waals surface area contributed by atoms with Crippen molar-refractivity contribution in [2.45, 2.75) is 38.2 Å². The van der Waals surface area contributed by atoms with E-state index in [4.69, 9.17) is 16.6 Å². The molecule has 1 unspecified atom stereocenters. The molecule has 0 radical (unpaired) electrons. The van der Waals surface area contributed by atoms with Crippen LogP contribution in [-0.4, -0.2) is 27.5 Å². The first-order valence-corrected chi connectivity index (χ1v) is 9.58. The average molecular weight is 354 g/mol. The van der Waals surface area contributed by atoms with E-state index in [-0.39, 0.29) is 0 Å². The zero-order chi connectivity index (χ0) is 17.2. The number of aromatic nitrogens is 2. The standard InChI is InChI=1S/C21H24ClN3/c1-16-7-5-11-19-21(16)23-20(13-22)25(19)18-10-6-12-24(15-18)14-17-8-3-2-4-9-17/h2-5,7-9,11,18H,6,10,12-15H2,1H3. The van der Waals surface area contributed by atoms with E-state index in [2.05, 4.69) is 64.9 Å². The maximum absolute atomic E-state index is 6.24. The third-order valence-electron chi connectivity index (χ3n) is 5.21. The third-order valence-corrected chi connectivity index (χ3v) is 5.45. The molecular weight excluding hydrogens is 330 g/mol. The lowest BCUT2D eigenvalue weighted by atomic mass is 10.0. The van der Waals surface area contributed by atoms with Gasteiger partial charge in [-0.15, -0.1) is 11.6 Å². The molecule has 3 nitrogen and oxygen atoms in total. The van der Waals surface area contributed by atoms with Crippen LogP contribution in [0, 0.1) is 6.92 Å². The van der Waals surface area contributed by atoms with E-state index in [1.54, 1.807) is 0 Å². The molecule has 25 heavy (non-hydrogen) atoms. The maximum atomic E-state index is 6.24. The molecule has 1 atom stereocenters. The van der Waals surface area contributed by atoms with Gasteiger partial charge in [-0.25, -0.2) is 4.98 Å². The SMILES string of the molecule is Cc1cccc2c1nc(CCl)n2C1CCCN(Cc2ccccc2)C1. The van der Waals surface area contributed by atoms with Crippen LogP contribution in [-0.2, 0) is 12.4 Å². The summed E-state index contributed by atoms with van der Waals surface area (Å²) < 4.78 is 2.40.